The van der Waals surface area contributed by atoms with Gasteiger partial charge in [-0.1, -0.05) is 36.8 Å². The third-order valence-corrected chi connectivity index (χ3v) is 13.3. The van der Waals surface area contributed by atoms with E-state index in [-0.39, 0.29) is 56.9 Å². The average molecular weight is 1280 g/mol. The number of Topliss-reactive ketones (excluding diaryl/α,β-unsaturated/α-hetero) is 2. The summed E-state index contributed by atoms with van der Waals surface area (Å²) < 4.78 is 0. The summed E-state index contributed by atoms with van der Waals surface area (Å²) in [4.78, 5) is 197. The molecule has 0 aromatic heterocycles. The maximum atomic E-state index is 13.8. The summed E-state index contributed by atoms with van der Waals surface area (Å²) in [5.41, 5.74) is 31.6. The van der Waals surface area contributed by atoms with E-state index in [0.717, 1.165) is 4.90 Å². The number of hydrogen-bond acceptors (Lipinski definition) is 24. The van der Waals surface area contributed by atoms with Crippen LogP contribution in [0, 0.1) is 0 Å². The number of nitrogens with two attached hydrogens (primary N) is 4. The number of aliphatic carboxylic acids is 2. The topological polar surface area (TPSA) is 601 Å². The molecule has 2 rings (SSSR count). The van der Waals surface area contributed by atoms with E-state index in [0.29, 0.717) is 37.7 Å². The molecule has 0 radical (unpaired) electrons. The first-order valence-electron chi connectivity index (χ1n) is 27.8. The van der Waals surface area contributed by atoms with E-state index in [9.17, 15) is 92.3 Å². The first kappa shape index (κ1) is 76.3. The highest BCUT2D eigenvalue weighted by molar-refractivity contribution is 7.80. The van der Waals surface area contributed by atoms with Crippen molar-refractivity contribution >= 4 is 107 Å². The van der Waals surface area contributed by atoms with E-state index in [1.54, 1.807) is 18.2 Å². The van der Waals surface area contributed by atoms with Crippen molar-refractivity contribution in [3.05, 3.63) is 35.9 Å². The normalized spacial score (nSPS) is 15.3. The van der Waals surface area contributed by atoms with Crippen molar-refractivity contribution in [1.29, 1.82) is 0 Å². The minimum absolute atomic E-state index is 0.0243. The molecule has 9 atom stereocenters. The van der Waals surface area contributed by atoms with Crippen LogP contribution in [0.2, 0.25) is 0 Å². The molecule has 1 unspecified atom stereocenters. The SMILES string of the molecule is NCCCC[C@H](NN[C@H](C=O)CO)C(=O)N[C@@H](CCCN=C(N)N)C(=O)NCC(=O)N1CCCC1C(=O)NCC(=O)C(=O)[C@H](CO)NN[C@@H](CC(=O)O)C(=O)N[C@@H](Cc1ccccc1)C(=O)N[C@@H](CC(=O)O)C(=O)NCC(=O)NCC(=O)N[C@@H](CS)C(N)=O. The Kier molecular flexibility index (Phi) is 35.5. The van der Waals surface area contributed by atoms with E-state index in [1.807, 2.05) is 0 Å². The number of aliphatic imine (C=N–C) groups is 1. The zero-order valence-electron chi connectivity index (χ0n) is 48.4. The zero-order valence-corrected chi connectivity index (χ0v) is 49.3. The first-order valence-corrected chi connectivity index (χ1v) is 28.4. The number of ketones is 2. The Balaban J connectivity index is 2.15. The molecule has 1 aliphatic heterocycles. The van der Waals surface area contributed by atoms with Crippen LogP contribution in [0.1, 0.15) is 63.4 Å². The van der Waals surface area contributed by atoms with E-state index in [4.69, 9.17) is 22.9 Å². The second kappa shape index (κ2) is 41.4. The van der Waals surface area contributed by atoms with Crippen molar-refractivity contribution in [3.63, 3.8) is 0 Å². The monoisotopic (exact) mass is 1280 g/mol. The van der Waals surface area contributed by atoms with Gasteiger partial charge in [-0.05, 0) is 50.6 Å². The van der Waals surface area contributed by atoms with Crippen molar-refractivity contribution in [2.24, 2.45) is 27.9 Å². The quantitative estimate of drug-likeness (QED) is 0.00548. The molecule has 0 aliphatic carbocycles. The standard InChI is InChI=1S/C51H80N18O19S/c52-13-5-4-10-30(66-65-28(23-70)24-71)47(85)62-29(11-6-14-56-51(54)55)45(83)60-22-40(76)69-15-7-12-36(69)50(88)58-19-37(73)43(81)34(25-72)68-67-33(18-42(79)80)49(87)63-31(16-27-8-2-1-3-9-27)48(86)64-32(17-41(77)78)46(84)59-20-38(74)57-21-39(75)61-35(26-89)44(53)82/h1-3,8-9,23,28-36,65-68,71-72,89H,4-7,10-22,24-26,52H2,(H2,53,82)(H,57,74)(H,58,88)(H,59,84)(H,60,83)(H,61,75)(H,62,85)(H,63,87)(H,64,86)(H,77,78)(H,79,80)(H4,54,55,56)/t28-,29+,30+,31+,32+,33+,34+,35+,36?/m1/s1. The number of nitrogens with zero attached hydrogens (tertiary/aromatic N) is 2. The molecule has 1 saturated heterocycles. The molecule has 1 aromatic carbocycles. The van der Waals surface area contributed by atoms with Gasteiger partial charge in [0.2, 0.25) is 70.6 Å². The fourth-order valence-corrected chi connectivity index (χ4v) is 8.45. The molecule has 10 amide bonds. The molecule has 1 heterocycles. The number of aldehydes is 1. The van der Waals surface area contributed by atoms with Gasteiger partial charge in [0.25, 0.3) is 0 Å². The van der Waals surface area contributed by atoms with Crippen molar-refractivity contribution < 1.29 is 92.3 Å². The largest absolute Gasteiger partial charge is 0.481 e. The molecule has 89 heavy (non-hydrogen) atoms. The van der Waals surface area contributed by atoms with Crippen LogP contribution in [0.15, 0.2) is 35.3 Å². The molecule has 1 aliphatic rings. The number of primary amides is 1. The van der Waals surface area contributed by atoms with Gasteiger partial charge < -0.3 is 95.6 Å². The van der Waals surface area contributed by atoms with Gasteiger partial charge in [0.15, 0.2) is 5.96 Å². The summed E-state index contributed by atoms with van der Waals surface area (Å²) in [5.74, 6) is -15.8. The molecule has 38 heteroatoms. The van der Waals surface area contributed by atoms with Crippen LogP contribution in [0.25, 0.3) is 0 Å². The molecular weight excluding hydrogens is 1200 g/mol. The number of carbonyl (C=O) groups excluding carboxylic acids is 13. The number of carboxylic acid groups (broad SMARTS) is 2. The number of unbranched alkanes of at least 4 members (excludes halogenated alkanes) is 1. The number of amides is 10. The number of rotatable bonds is 45. The van der Waals surface area contributed by atoms with Gasteiger partial charge in [-0.3, -0.25) is 72.1 Å². The Hall–Kier alpha value is -8.79. The second-order valence-electron chi connectivity index (χ2n) is 19.8. The number of likely N-dealkylation sites (tertiary alicyclic amines) is 1. The Labute approximate surface area is 514 Å². The van der Waals surface area contributed by atoms with Crippen molar-refractivity contribution in [2.45, 2.75) is 119 Å². The van der Waals surface area contributed by atoms with Gasteiger partial charge >= 0.3 is 11.9 Å². The van der Waals surface area contributed by atoms with E-state index >= 15 is 0 Å². The number of aliphatic hydroxyl groups excluding tert-OH is 2. The first-order chi connectivity index (χ1) is 42.3. The lowest BCUT2D eigenvalue weighted by molar-refractivity contribution is -0.141. The number of guanidine groups is 1. The molecule has 24 N–H and O–H groups in total. The van der Waals surface area contributed by atoms with Gasteiger partial charge in [-0.2, -0.15) is 12.6 Å². The number of nitrogens with one attached hydrogen (secondary N) is 12. The number of carbonyl (C=O) groups is 15. The second-order valence-corrected chi connectivity index (χ2v) is 20.2. The highest BCUT2D eigenvalue weighted by Gasteiger charge is 2.37. The highest BCUT2D eigenvalue weighted by atomic mass is 32.1. The number of hydrogen-bond donors (Lipinski definition) is 21. The smallest absolute Gasteiger partial charge is 0.305 e. The van der Waals surface area contributed by atoms with E-state index in [1.165, 1.54) is 12.1 Å². The molecule has 37 nitrogen and oxygen atoms in total. The van der Waals surface area contributed by atoms with Gasteiger partial charge in [-0.25, -0.2) is 21.7 Å². The average Bonchev–Trinajstić information content (AvgIpc) is 4.19. The van der Waals surface area contributed by atoms with Crippen LogP contribution in [-0.4, -0.2) is 239 Å². The van der Waals surface area contributed by atoms with Crippen molar-refractivity contribution in [2.75, 3.05) is 64.8 Å². The van der Waals surface area contributed by atoms with Crippen molar-refractivity contribution in [1.82, 2.24) is 69.1 Å². The Bertz CT molecular complexity index is 2660. The molecule has 1 fully saturated rings. The number of aliphatic hydroxyl groups is 2. The molecule has 0 bridgehead atoms. The van der Waals surface area contributed by atoms with Gasteiger partial charge in [-0.15, -0.1) is 0 Å². The third-order valence-electron chi connectivity index (χ3n) is 12.9. The van der Waals surface area contributed by atoms with Crippen LogP contribution < -0.4 is 87.2 Å². The summed E-state index contributed by atoms with van der Waals surface area (Å²) in [6, 6.07) is -5.34. The highest BCUT2D eigenvalue weighted by Crippen LogP contribution is 2.18. The molecule has 494 valence electrons. The van der Waals surface area contributed by atoms with Crippen molar-refractivity contribution in [3.8, 4) is 0 Å². The minimum atomic E-state index is -1.91. The Morgan fingerprint density at radius 3 is 1.80 bits per heavy atom. The van der Waals surface area contributed by atoms with Gasteiger partial charge in [0.1, 0.15) is 48.6 Å². The maximum absolute atomic E-state index is 13.8. The fraction of sp³-hybridized carbons (Fsp3) is 0.569. The fourth-order valence-electron chi connectivity index (χ4n) is 8.18. The summed E-state index contributed by atoms with van der Waals surface area (Å²) in [6.45, 7) is -4.51. The number of thiol groups is 1. The van der Waals surface area contributed by atoms with E-state index < -0.39 is 189 Å². The predicted molar refractivity (Wildman–Crippen MR) is 313 cm³/mol. The summed E-state index contributed by atoms with van der Waals surface area (Å²) >= 11 is 3.89. The molecule has 0 saturated carbocycles. The maximum Gasteiger partial charge on any atom is 0.305 e. The van der Waals surface area contributed by atoms with Crippen LogP contribution in [0.3, 0.4) is 0 Å². The lowest BCUT2D eigenvalue weighted by Gasteiger charge is -2.26. The zero-order chi connectivity index (χ0) is 66.6. The number of benzene rings is 1. The Morgan fingerprint density at radius 1 is 0.618 bits per heavy atom. The predicted octanol–water partition coefficient (Wildman–Crippen LogP) is -10.8. The summed E-state index contributed by atoms with van der Waals surface area (Å²) in [5, 5.41) is 57.1. The number of carboxylic acids is 2. The summed E-state index contributed by atoms with van der Waals surface area (Å²) in [6.07, 6.45) is -0.366. The number of hydrazine groups is 2. The van der Waals surface area contributed by atoms with Crippen LogP contribution >= 0.6 is 12.6 Å². The third kappa shape index (κ3) is 29.2. The lowest BCUT2D eigenvalue weighted by Crippen LogP contribution is -2.61. The molecular formula is C51H80N18O19S. The van der Waals surface area contributed by atoms with Crippen LogP contribution in [-0.2, 0) is 78.3 Å². The molecule has 0 spiro atoms. The minimum Gasteiger partial charge on any atom is -0.481 e. The van der Waals surface area contributed by atoms with Gasteiger partial charge in [0, 0.05) is 25.3 Å². The summed E-state index contributed by atoms with van der Waals surface area (Å²) in [7, 11) is 0. The Morgan fingerprint density at radius 2 is 1.19 bits per heavy atom. The molecule has 1 aromatic rings. The van der Waals surface area contributed by atoms with Crippen LogP contribution in [0.5, 0.6) is 0 Å². The van der Waals surface area contributed by atoms with Gasteiger partial charge in [0.05, 0.1) is 64.3 Å². The lowest BCUT2D eigenvalue weighted by atomic mass is 10.0. The van der Waals surface area contributed by atoms with E-state index in [2.05, 4.69) is 81.9 Å². The van der Waals surface area contributed by atoms with Crippen LogP contribution in [0.4, 0.5) is 0 Å².